The number of rotatable bonds is 7. The Labute approximate surface area is 358 Å². The molecule has 0 aliphatic carbocycles. The number of anilines is 4. The first-order chi connectivity index (χ1) is 28.8. The van der Waals surface area contributed by atoms with E-state index in [0.717, 1.165) is 41.5 Å². The van der Waals surface area contributed by atoms with Gasteiger partial charge in [-0.3, -0.25) is 24.4 Å². The van der Waals surface area contributed by atoms with Crippen molar-refractivity contribution >= 4 is 69.6 Å². The Hall–Kier alpha value is -7.38. The Morgan fingerprint density at radius 3 is 1.21 bits per heavy atom. The van der Waals surface area contributed by atoms with Crippen LogP contribution < -0.4 is 31.2 Å². The minimum atomic E-state index is -4.69. The molecule has 6 rings (SSSR count). The average Bonchev–Trinajstić information content (AvgIpc) is 3.21. The van der Waals surface area contributed by atoms with E-state index in [4.69, 9.17) is 43.5 Å². The van der Waals surface area contributed by atoms with Gasteiger partial charge in [0.2, 0.25) is 0 Å². The number of pyridine rings is 2. The van der Waals surface area contributed by atoms with Crippen LogP contribution in [0.1, 0.15) is 18.6 Å². The summed E-state index contributed by atoms with van der Waals surface area (Å²) in [6.07, 6.45) is -2.86. The fourth-order valence-electron chi connectivity index (χ4n) is 4.43. The van der Waals surface area contributed by atoms with E-state index in [2.05, 4.69) is 20.6 Å². The minimum absolute atomic E-state index is 0. The number of halogens is 8. The Morgan fingerprint density at radius 1 is 0.516 bits per heavy atom. The third kappa shape index (κ3) is 15.7. The van der Waals surface area contributed by atoms with E-state index in [0.29, 0.717) is 29.3 Å². The number of benzene rings is 4. The van der Waals surface area contributed by atoms with Crippen LogP contribution in [0.5, 0.6) is 23.0 Å². The van der Waals surface area contributed by atoms with E-state index in [1.54, 1.807) is 78.6 Å². The lowest BCUT2D eigenvalue weighted by molar-refractivity contribution is -0.147. The number of hydrogen-bond acceptors (Lipinski definition) is 9. The van der Waals surface area contributed by atoms with Gasteiger partial charge in [0.05, 0.1) is 21.2 Å². The van der Waals surface area contributed by atoms with E-state index in [9.17, 15) is 45.5 Å². The number of hydrogen-bond donors (Lipinski definition) is 5. The Kier molecular flexibility index (Phi) is 17.6. The van der Waals surface area contributed by atoms with Crippen molar-refractivity contribution in [3.63, 3.8) is 0 Å². The van der Waals surface area contributed by atoms with Gasteiger partial charge in [0, 0.05) is 47.5 Å². The summed E-state index contributed by atoms with van der Waals surface area (Å²) >= 11 is 10.9. The highest BCUT2D eigenvalue weighted by Gasteiger charge is 2.34. The lowest BCUT2D eigenvalue weighted by atomic mass is 10.2. The highest BCUT2D eigenvalue weighted by atomic mass is 35.5. The standard InChI is InChI=1S/C20H13ClF3N3O3.C11H10N2O.C9H5ClF3NO3.CH4/c21-17-6-3-13(11-16(17)20(22,23)24)27-19(29)18(28)26-12-1-4-14(5-2-12)30-15-7-9-25-10-8-15;12-9-1-3-10(4-2-9)14-11-5-7-13-8-6-11;10-6-2-1-4(14-7(15)8(16)17)3-5(6)9(11,12)13;/h1-11H,(H,26,28)(H,27,29);1-8H,12H2;1-3H,(H,14,15)(H,16,17);1H4. The van der Waals surface area contributed by atoms with Crippen LogP contribution in [-0.2, 0) is 31.5 Å². The molecule has 62 heavy (non-hydrogen) atoms. The minimum Gasteiger partial charge on any atom is -0.474 e. The molecule has 4 aromatic carbocycles. The van der Waals surface area contributed by atoms with Gasteiger partial charge in [-0.1, -0.05) is 30.6 Å². The van der Waals surface area contributed by atoms with Crippen LogP contribution in [0, 0.1) is 0 Å². The fraction of sp³-hybridized carbons (Fsp3) is 0.0732. The van der Waals surface area contributed by atoms with Crippen molar-refractivity contribution in [2.45, 2.75) is 19.8 Å². The van der Waals surface area contributed by atoms with Crippen molar-refractivity contribution in [1.82, 2.24) is 9.97 Å². The molecule has 0 radical (unpaired) electrons. The van der Waals surface area contributed by atoms with Crippen LogP contribution in [0.4, 0.5) is 49.1 Å². The van der Waals surface area contributed by atoms with Gasteiger partial charge in [-0.25, -0.2) is 4.79 Å². The van der Waals surface area contributed by atoms with E-state index in [1.165, 1.54) is 12.1 Å². The van der Waals surface area contributed by atoms with Gasteiger partial charge >= 0.3 is 36.0 Å². The Balaban J connectivity index is 0.000000270. The fourth-order valence-corrected chi connectivity index (χ4v) is 4.88. The number of nitrogen functional groups attached to an aromatic ring is 1. The van der Waals surface area contributed by atoms with Crippen LogP contribution >= 0.6 is 23.2 Å². The van der Waals surface area contributed by atoms with Crippen LogP contribution in [-0.4, -0.2) is 38.8 Å². The van der Waals surface area contributed by atoms with Gasteiger partial charge in [-0.05, 0) is 109 Å². The average molecular weight is 906 g/mol. The summed E-state index contributed by atoms with van der Waals surface area (Å²) in [7, 11) is 0. The summed E-state index contributed by atoms with van der Waals surface area (Å²) in [5, 5.41) is 13.4. The number of carboxylic acids is 1. The molecule has 2 aromatic heterocycles. The number of nitrogens with one attached hydrogen (secondary N) is 3. The number of carbonyl (C=O) groups excluding carboxylic acids is 3. The maximum atomic E-state index is 12.9. The molecule has 0 fully saturated rings. The summed E-state index contributed by atoms with van der Waals surface area (Å²) in [4.78, 5) is 52.7. The van der Waals surface area contributed by atoms with E-state index < -0.39 is 57.2 Å². The number of aliphatic carboxylic acids is 1. The van der Waals surface area contributed by atoms with E-state index in [1.807, 2.05) is 12.1 Å². The molecule has 0 saturated heterocycles. The first kappa shape index (κ1) is 49.0. The van der Waals surface area contributed by atoms with Crippen LogP contribution in [0.3, 0.4) is 0 Å². The number of aromatic nitrogens is 2. The second-order valence-electron chi connectivity index (χ2n) is 11.7. The molecule has 0 unspecified atom stereocenters. The molecule has 2 heterocycles. The van der Waals surface area contributed by atoms with Crippen molar-refractivity contribution in [2.24, 2.45) is 0 Å². The lowest BCUT2D eigenvalue weighted by Gasteiger charge is -2.12. The smallest absolute Gasteiger partial charge is 0.417 e. The molecule has 6 aromatic rings. The van der Waals surface area contributed by atoms with Crippen molar-refractivity contribution in [2.75, 3.05) is 21.7 Å². The van der Waals surface area contributed by atoms with Crippen LogP contribution in [0.25, 0.3) is 0 Å². The third-order valence-corrected chi connectivity index (χ3v) is 7.88. The second-order valence-corrected chi connectivity index (χ2v) is 12.5. The van der Waals surface area contributed by atoms with Gasteiger partial charge in [0.1, 0.15) is 23.0 Å². The monoisotopic (exact) mass is 904 g/mol. The molecule has 0 saturated carbocycles. The zero-order chi connectivity index (χ0) is 44.7. The molecule has 6 N–H and O–H groups in total. The number of alkyl halides is 6. The highest BCUT2D eigenvalue weighted by molar-refractivity contribution is 6.43. The summed E-state index contributed by atoms with van der Waals surface area (Å²) < 4.78 is 87.0. The predicted molar refractivity (Wildman–Crippen MR) is 219 cm³/mol. The molecule has 13 nitrogen and oxygen atoms in total. The Bertz CT molecular complexity index is 2450. The van der Waals surface area contributed by atoms with Gasteiger partial charge in [-0.2, -0.15) is 26.3 Å². The summed E-state index contributed by atoms with van der Waals surface area (Å²) in [6, 6.07) is 25.7. The van der Waals surface area contributed by atoms with Crippen molar-refractivity contribution < 1.29 is 60.1 Å². The number of ether oxygens (including phenoxy) is 2. The number of carbonyl (C=O) groups is 4. The molecule has 0 spiro atoms. The van der Waals surface area contributed by atoms with E-state index in [-0.39, 0.29) is 18.8 Å². The lowest BCUT2D eigenvalue weighted by Crippen LogP contribution is -2.29. The van der Waals surface area contributed by atoms with Crippen molar-refractivity contribution in [1.29, 1.82) is 0 Å². The predicted octanol–water partition coefficient (Wildman–Crippen LogP) is 10.6. The molecule has 0 bridgehead atoms. The summed E-state index contributed by atoms with van der Waals surface area (Å²) in [6.45, 7) is 0. The highest BCUT2D eigenvalue weighted by Crippen LogP contribution is 2.37. The normalized spacial score (nSPS) is 10.5. The quantitative estimate of drug-likeness (QED) is 0.0584. The maximum Gasteiger partial charge on any atom is 0.417 e. The third-order valence-electron chi connectivity index (χ3n) is 7.22. The van der Waals surface area contributed by atoms with E-state index >= 15 is 0 Å². The van der Waals surface area contributed by atoms with Crippen LogP contribution in [0.2, 0.25) is 10.0 Å². The zero-order valence-corrected chi connectivity index (χ0v) is 32.1. The molecular formula is C41H32Cl2F6N6O7. The first-order valence-corrected chi connectivity index (χ1v) is 17.6. The van der Waals surface area contributed by atoms with Crippen LogP contribution in [0.15, 0.2) is 134 Å². The molecule has 21 heteroatoms. The number of nitrogens with two attached hydrogens (primary N) is 1. The topological polar surface area (TPSA) is 195 Å². The van der Waals surface area contributed by atoms with Crippen molar-refractivity contribution in [3.8, 4) is 23.0 Å². The van der Waals surface area contributed by atoms with Gasteiger partial charge < -0.3 is 36.3 Å². The molecular weight excluding hydrogens is 873 g/mol. The number of carboxylic acid groups (broad SMARTS) is 1. The van der Waals surface area contributed by atoms with Gasteiger partial charge in [0.15, 0.2) is 0 Å². The maximum absolute atomic E-state index is 12.9. The van der Waals surface area contributed by atoms with Crippen molar-refractivity contribution in [3.05, 3.63) is 155 Å². The first-order valence-electron chi connectivity index (χ1n) is 16.8. The van der Waals surface area contributed by atoms with Gasteiger partial charge in [0.25, 0.3) is 0 Å². The molecule has 0 aliphatic rings. The largest absolute Gasteiger partial charge is 0.474 e. The molecule has 0 atom stereocenters. The summed E-state index contributed by atoms with van der Waals surface area (Å²) in [5.74, 6) is -2.82. The second kappa shape index (κ2) is 22.3. The number of nitrogens with zero attached hydrogens (tertiary/aromatic N) is 2. The molecule has 324 valence electrons. The molecule has 3 amide bonds. The van der Waals surface area contributed by atoms with Gasteiger partial charge in [-0.15, -0.1) is 0 Å². The zero-order valence-electron chi connectivity index (χ0n) is 30.6. The molecule has 0 aliphatic heterocycles. The Morgan fingerprint density at radius 2 is 0.839 bits per heavy atom. The number of amides is 3. The SMILES string of the molecule is C.Nc1ccc(Oc2ccncc2)cc1.O=C(Nc1ccc(Oc2ccncc2)cc1)C(=O)Nc1ccc(Cl)c(C(F)(F)F)c1.O=C(O)C(=O)Nc1ccc(Cl)c(C(F)(F)F)c1. The summed E-state index contributed by atoms with van der Waals surface area (Å²) in [5.41, 5.74) is 3.80.